The number of rotatable bonds is 6. The summed E-state index contributed by atoms with van der Waals surface area (Å²) >= 11 is 0. The van der Waals surface area contributed by atoms with Crippen LogP contribution in [0.15, 0.2) is 24.3 Å². The van der Waals surface area contributed by atoms with Gasteiger partial charge in [-0.15, -0.1) is 0 Å². The molecule has 0 saturated heterocycles. The highest BCUT2D eigenvalue weighted by Crippen LogP contribution is 2.43. The largest absolute Gasteiger partial charge is 0.451 e. The topological polar surface area (TPSA) is 26.3 Å². The molecule has 1 aromatic carbocycles. The molecule has 0 aromatic heterocycles. The molecule has 19 heavy (non-hydrogen) atoms. The van der Waals surface area contributed by atoms with Crippen molar-refractivity contribution in [1.82, 2.24) is 0 Å². The predicted molar refractivity (Wildman–Crippen MR) is 77.1 cm³/mol. The third-order valence-corrected chi connectivity index (χ3v) is 4.42. The van der Waals surface area contributed by atoms with Gasteiger partial charge in [0, 0.05) is 11.5 Å². The number of unbranched alkanes of at least 4 members (excludes halogenated alkanes) is 3. The molecule has 2 unspecified atom stereocenters. The van der Waals surface area contributed by atoms with Crippen LogP contribution in [0.4, 0.5) is 0 Å². The minimum atomic E-state index is -0.445. The lowest BCUT2D eigenvalue weighted by molar-refractivity contribution is -0.0295. The summed E-state index contributed by atoms with van der Waals surface area (Å²) in [6.07, 6.45) is 6.14. The SMILES string of the molecule is CCCCCCC(C)C1(C)OC(=O)c2ccccc21. The second kappa shape index (κ2) is 5.77. The van der Waals surface area contributed by atoms with E-state index in [1.165, 1.54) is 25.7 Å². The predicted octanol–water partition coefficient (Wildman–Crippen LogP) is 4.68. The molecular weight excluding hydrogens is 236 g/mol. The minimum absolute atomic E-state index is 0.168. The maximum atomic E-state index is 11.9. The van der Waals surface area contributed by atoms with Crippen LogP contribution >= 0.6 is 0 Å². The number of esters is 1. The third-order valence-electron chi connectivity index (χ3n) is 4.42. The molecule has 2 heteroatoms. The van der Waals surface area contributed by atoms with Crippen molar-refractivity contribution in [2.24, 2.45) is 5.92 Å². The second-order valence-electron chi connectivity index (χ2n) is 5.79. The molecular formula is C17H24O2. The molecule has 104 valence electrons. The molecule has 1 aromatic rings. The Morgan fingerprint density at radius 1 is 1.21 bits per heavy atom. The molecule has 0 spiro atoms. The van der Waals surface area contributed by atoms with Crippen LogP contribution in [0.2, 0.25) is 0 Å². The highest BCUT2D eigenvalue weighted by Gasteiger charge is 2.44. The zero-order chi connectivity index (χ0) is 13.9. The number of carbonyl (C=O) groups excluding carboxylic acids is 1. The standard InChI is InChI=1S/C17H24O2/c1-4-5-6-7-10-13(2)17(3)15-12-9-8-11-14(15)16(18)19-17/h8-9,11-13H,4-7,10H2,1-3H3. The molecule has 0 radical (unpaired) electrons. The number of ether oxygens (including phenoxy) is 1. The van der Waals surface area contributed by atoms with Crippen LogP contribution in [0.1, 0.15) is 68.8 Å². The average Bonchev–Trinajstić information content (AvgIpc) is 2.68. The molecule has 0 bridgehead atoms. The van der Waals surface area contributed by atoms with Crippen LogP contribution in [0.3, 0.4) is 0 Å². The van der Waals surface area contributed by atoms with Crippen LogP contribution in [-0.4, -0.2) is 5.97 Å². The van der Waals surface area contributed by atoms with Gasteiger partial charge >= 0.3 is 5.97 Å². The average molecular weight is 260 g/mol. The number of carbonyl (C=O) groups is 1. The fourth-order valence-corrected chi connectivity index (χ4v) is 2.92. The molecule has 0 N–H and O–H groups in total. The number of cyclic esters (lactones) is 1. The van der Waals surface area contributed by atoms with Crippen molar-refractivity contribution < 1.29 is 9.53 Å². The Morgan fingerprint density at radius 2 is 1.95 bits per heavy atom. The van der Waals surface area contributed by atoms with Gasteiger partial charge < -0.3 is 4.74 Å². The van der Waals surface area contributed by atoms with E-state index >= 15 is 0 Å². The first-order valence-corrected chi connectivity index (χ1v) is 7.42. The van der Waals surface area contributed by atoms with E-state index in [0.29, 0.717) is 5.92 Å². The van der Waals surface area contributed by atoms with Gasteiger partial charge in [-0.1, -0.05) is 57.7 Å². The highest BCUT2D eigenvalue weighted by atomic mass is 16.6. The molecule has 0 fully saturated rings. The van der Waals surface area contributed by atoms with Gasteiger partial charge in [-0.2, -0.15) is 0 Å². The number of benzene rings is 1. The lowest BCUT2D eigenvalue weighted by Crippen LogP contribution is -2.30. The van der Waals surface area contributed by atoms with Crippen molar-refractivity contribution in [2.45, 2.75) is 58.5 Å². The van der Waals surface area contributed by atoms with E-state index in [1.807, 2.05) is 24.3 Å². The van der Waals surface area contributed by atoms with Crippen molar-refractivity contribution >= 4 is 5.97 Å². The van der Waals surface area contributed by atoms with E-state index < -0.39 is 5.60 Å². The molecule has 0 saturated carbocycles. The zero-order valence-electron chi connectivity index (χ0n) is 12.2. The van der Waals surface area contributed by atoms with Gasteiger partial charge in [0.05, 0.1) is 5.56 Å². The van der Waals surface area contributed by atoms with Gasteiger partial charge in [0.2, 0.25) is 0 Å². The normalized spacial score (nSPS) is 23.0. The lowest BCUT2D eigenvalue weighted by atomic mass is 9.80. The minimum Gasteiger partial charge on any atom is -0.451 e. The van der Waals surface area contributed by atoms with E-state index in [4.69, 9.17) is 4.74 Å². The summed E-state index contributed by atoms with van der Waals surface area (Å²) in [7, 11) is 0. The van der Waals surface area contributed by atoms with E-state index in [0.717, 1.165) is 17.5 Å². The Kier molecular flexibility index (Phi) is 4.28. The van der Waals surface area contributed by atoms with Crippen LogP contribution < -0.4 is 0 Å². The molecule has 1 aliphatic rings. The van der Waals surface area contributed by atoms with E-state index in [-0.39, 0.29) is 5.97 Å². The molecule has 0 amide bonds. The fraction of sp³-hybridized carbons (Fsp3) is 0.588. The van der Waals surface area contributed by atoms with E-state index in [2.05, 4.69) is 20.8 Å². The van der Waals surface area contributed by atoms with Crippen molar-refractivity contribution in [2.75, 3.05) is 0 Å². The Labute approximate surface area is 116 Å². The molecule has 0 aliphatic carbocycles. The number of fused-ring (bicyclic) bond motifs is 1. The Balaban J connectivity index is 2.09. The highest BCUT2D eigenvalue weighted by molar-refractivity contribution is 5.94. The second-order valence-corrected chi connectivity index (χ2v) is 5.79. The lowest BCUT2D eigenvalue weighted by Gasteiger charge is -2.31. The molecule has 2 nitrogen and oxygen atoms in total. The van der Waals surface area contributed by atoms with E-state index in [9.17, 15) is 4.79 Å². The smallest absolute Gasteiger partial charge is 0.339 e. The summed E-state index contributed by atoms with van der Waals surface area (Å²) in [5.41, 5.74) is 1.35. The first-order valence-electron chi connectivity index (χ1n) is 7.42. The van der Waals surface area contributed by atoms with Crippen LogP contribution in [-0.2, 0) is 10.3 Å². The first-order chi connectivity index (χ1) is 9.09. The van der Waals surface area contributed by atoms with Gasteiger partial charge in [0.25, 0.3) is 0 Å². The summed E-state index contributed by atoms with van der Waals surface area (Å²) in [6.45, 7) is 6.47. The quantitative estimate of drug-likeness (QED) is 0.548. The van der Waals surface area contributed by atoms with Crippen molar-refractivity contribution in [3.8, 4) is 0 Å². The monoisotopic (exact) mass is 260 g/mol. The van der Waals surface area contributed by atoms with Gasteiger partial charge in [-0.25, -0.2) is 4.79 Å². The van der Waals surface area contributed by atoms with Crippen LogP contribution in [0.25, 0.3) is 0 Å². The number of hydrogen-bond donors (Lipinski definition) is 0. The van der Waals surface area contributed by atoms with Gasteiger partial charge in [-0.05, 0) is 19.4 Å². The Hall–Kier alpha value is -1.31. The summed E-state index contributed by atoms with van der Waals surface area (Å²) in [5, 5.41) is 0. The summed E-state index contributed by atoms with van der Waals surface area (Å²) in [6, 6.07) is 7.79. The van der Waals surface area contributed by atoms with Crippen LogP contribution in [0.5, 0.6) is 0 Å². The summed E-state index contributed by atoms with van der Waals surface area (Å²) < 4.78 is 5.70. The molecule has 2 rings (SSSR count). The van der Waals surface area contributed by atoms with Gasteiger partial charge in [0.1, 0.15) is 5.60 Å². The van der Waals surface area contributed by atoms with Crippen molar-refractivity contribution in [3.63, 3.8) is 0 Å². The molecule has 2 atom stereocenters. The Bertz CT molecular complexity index is 452. The summed E-state index contributed by atoms with van der Waals surface area (Å²) in [4.78, 5) is 11.9. The van der Waals surface area contributed by atoms with Crippen LogP contribution in [0, 0.1) is 5.92 Å². The van der Waals surface area contributed by atoms with Crippen molar-refractivity contribution in [3.05, 3.63) is 35.4 Å². The van der Waals surface area contributed by atoms with Gasteiger partial charge in [-0.3, -0.25) is 0 Å². The third kappa shape index (κ3) is 2.68. The zero-order valence-corrected chi connectivity index (χ0v) is 12.2. The fourth-order valence-electron chi connectivity index (χ4n) is 2.92. The van der Waals surface area contributed by atoms with Crippen molar-refractivity contribution in [1.29, 1.82) is 0 Å². The molecule has 1 heterocycles. The van der Waals surface area contributed by atoms with Gasteiger partial charge in [0.15, 0.2) is 0 Å². The van der Waals surface area contributed by atoms with E-state index in [1.54, 1.807) is 0 Å². The number of hydrogen-bond acceptors (Lipinski definition) is 2. The Morgan fingerprint density at radius 3 is 2.68 bits per heavy atom. The maximum Gasteiger partial charge on any atom is 0.339 e. The first kappa shape index (κ1) is 14.1. The maximum absolute atomic E-state index is 11.9. The summed E-state index contributed by atoms with van der Waals surface area (Å²) in [5.74, 6) is 0.190. The molecule has 1 aliphatic heterocycles.